The molecule has 4 atom stereocenters. The van der Waals surface area contributed by atoms with Crippen LogP contribution in [0.15, 0.2) is 53.7 Å². The summed E-state index contributed by atoms with van der Waals surface area (Å²) in [6.07, 6.45) is -2.51. The summed E-state index contributed by atoms with van der Waals surface area (Å²) in [5.74, 6) is -2.53. The molecule has 1 aliphatic rings. The SMILES string of the molecule is O=C(Nc1ccc2ccc(CC[C@H]3C[C@@H](n4ccc5c(=O)[nH]cnc54)[C@H](O)[C@@H]3O)cc2n1)C(F)(F)F. The van der Waals surface area contributed by atoms with Gasteiger partial charge in [0.05, 0.1) is 29.4 Å². The van der Waals surface area contributed by atoms with Gasteiger partial charge >= 0.3 is 12.1 Å². The number of hydrogen-bond donors (Lipinski definition) is 4. The molecule has 4 aromatic rings. The quantitative estimate of drug-likeness (QED) is 0.332. The molecule has 1 saturated carbocycles. The standard InChI is InChI=1S/C24H22F3N5O4/c25-24(26,27)23(36)31-18-6-5-13-3-1-12(9-16(13)30-18)2-4-14-10-17(20(34)19(14)33)32-8-7-15-21(32)28-11-29-22(15)35/h1,3,5-9,11,14,17,19-20,33-34H,2,4,10H2,(H,28,29,35)(H,30,31,36)/t14-,17+,19+,20-/m0/s1. The molecule has 188 valence electrons. The number of pyridine rings is 1. The number of aliphatic hydroxyl groups excluding tert-OH is 2. The van der Waals surface area contributed by atoms with Gasteiger partial charge in [0.25, 0.3) is 5.56 Å². The number of nitrogens with one attached hydrogen (secondary N) is 2. The van der Waals surface area contributed by atoms with Crippen molar-refractivity contribution in [2.24, 2.45) is 5.92 Å². The van der Waals surface area contributed by atoms with Crippen LogP contribution in [0.25, 0.3) is 21.9 Å². The van der Waals surface area contributed by atoms with Crippen molar-refractivity contribution in [1.82, 2.24) is 19.5 Å². The van der Waals surface area contributed by atoms with E-state index in [0.717, 1.165) is 5.56 Å². The first kappa shape index (κ1) is 23.9. The van der Waals surface area contributed by atoms with E-state index in [1.54, 1.807) is 40.3 Å². The normalized spacial score (nSPS) is 22.4. The Bertz CT molecular complexity index is 1500. The highest BCUT2D eigenvalue weighted by Crippen LogP contribution is 2.39. The van der Waals surface area contributed by atoms with Gasteiger partial charge in [0.1, 0.15) is 17.6 Å². The van der Waals surface area contributed by atoms with Gasteiger partial charge in [-0.3, -0.25) is 9.59 Å². The number of halogens is 3. The molecule has 9 nitrogen and oxygen atoms in total. The van der Waals surface area contributed by atoms with Gasteiger partial charge in [0.2, 0.25) is 0 Å². The third kappa shape index (κ3) is 4.44. The Hall–Kier alpha value is -3.77. The number of fused-ring (bicyclic) bond motifs is 2. The van der Waals surface area contributed by atoms with Gasteiger partial charge in [-0.15, -0.1) is 0 Å². The maximum absolute atomic E-state index is 12.5. The molecule has 0 spiro atoms. The second kappa shape index (κ2) is 9.03. The smallest absolute Gasteiger partial charge is 0.390 e. The van der Waals surface area contributed by atoms with Crippen molar-refractivity contribution in [2.45, 2.75) is 43.7 Å². The molecule has 0 unspecified atom stereocenters. The number of rotatable bonds is 5. The van der Waals surface area contributed by atoms with Crippen LogP contribution in [-0.4, -0.2) is 54.0 Å². The summed E-state index contributed by atoms with van der Waals surface area (Å²) in [5.41, 5.74) is 1.42. The third-order valence-electron chi connectivity index (χ3n) is 6.70. The van der Waals surface area contributed by atoms with Gasteiger partial charge in [0, 0.05) is 11.6 Å². The number of nitrogens with zero attached hydrogens (tertiary/aromatic N) is 3. The van der Waals surface area contributed by atoms with Gasteiger partial charge in [-0.1, -0.05) is 12.1 Å². The van der Waals surface area contributed by atoms with E-state index in [1.165, 1.54) is 12.4 Å². The molecule has 0 saturated heterocycles. The minimum Gasteiger partial charge on any atom is -0.390 e. The van der Waals surface area contributed by atoms with Gasteiger partial charge < -0.3 is 25.1 Å². The van der Waals surface area contributed by atoms with Crippen molar-refractivity contribution in [3.05, 3.63) is 64.8 Å². The Morgan fingerprint density at radius 1 is 1.17 bits per heavy atom. The largest absolute Gasteiger partial charge is 0.471 e. The molecule has 5 rings (SSSR count). The molecular formula is C24H22F3N5O4. The van der Waals surface area contributed by atoms with Crippen molar-refractivity contribution in [1.29, 1.82) is 0 Å². The summed E-state index contributed by atoms with van der Waals surface area (Å²) in [7, 11) is 0. The fraction of sp³-hybridized carbons (Fsp3) is 0.333. The zero-order valence-corrected chi connectivity index (χ0v) is 18.7. The Morgan fingerprint density at radius 2 is 1.94 bits per heavy atom. The van der Waals surface area contributed by atoms with Crippen LogP contribution in [-0.2, 0) is 11.2 Å². The molecule has 1 amide bonds. The number of hydrogen-bond acceptors (Lipinski definition) is 6. The Morgan fingerprint density at radius 3 is 2.72 bits per heavy atom. The molecule has 0 radical (unpaired) electrons. The topological polar surface area (TPSA) is 133 Å². The Labute approximate surface area is 201 Å². The van der Waals surface area contributed by atoms with Gasteiger partial charge in [-0.2, -0.15) is 13.2 Å². The first-order chi connectivity index (χ1) is 17.1. The first-order valence-electron chi connectivity index (χ1n) is 11.3. The second-order valence-electron chi connectivity index (χ2n) is 8.95. The van der Waals surface area contributed by atoms with Crippen LogP contribution < -0.4 is 10.9 Å². The lowest BCUT2D eigenvalue weighted by atomic mass is 9.95. The molecule has 0 aliphatic heterocycles. The van der Waals surface area contributed by atoms with Gasteiger partial charge in [0.15, 0.2) is 0 Å². The van der Waals surface area contributed by atoms with Crippen molar-refractivity contribution < 1.29 is 28.2 Å². The van der Waals surface area contributed by atoms with E-state index in [4.69, 9.17) is 0 Å². The third-order valence-corrected chi connectivity index (χ3v) is 6.70. The predicted molar refractivity (Wildman–Crippen MR) is 124 cm³/mol. The maximum Gasteiger partial charge on any atom is 0.471 e. The highest BCUT2D eigenvalue weighted by Gasteiger charge is 2.42. The molecule has 1 aromatic carbocycles. The number of aryl methyl sites for hydroxylation is 1. The van der Waals surface area contributed by atoms with E-state index in [-0.39, 0.29) is 17.3 Å². The molecular weight excluding hydrogens is 479 g/mol. The second-order valence-corrected chi connectivity index (χ2v) is 8.95. The fourth-order valence-electron chi connectivity index (χ4n) is 4.84. The van der Waals surface area contributed by atoms with Crippen molar-refractivity contribution in [2.75, 3.05) is 5.32 Å². The van der Waals surface area contributed by atoms with Crippen molar-refractivity contribution in [3.63, 3.8) is 0 Å². The lowest BCUT2D eigenvalue weighted by Gasteiger charge is -2.18. The van der Waals surface area contributed by atoms with Crippen LogP contribution in [0.5, 0.6) is 0 Å². The maximum atomic E-state index is 12.5. The summed E-state index contributed by atoms with van der Waals surface area (Å²) in [6, 6.07) is 9.42. The number of carbonyl (C=O) groups excluding carboxylic acids is 1. The van der Waals surface area contributed by atoms with Crippen molar-refractivity contribution in [3.8, 4) is 0 Å². The average molecular weight is 501 g/mol. The van der Waals surface area contributed by atoms with E-state index in [9.17, 15) is 33.0 Å². The Balaban J connectivity index is 1.30. The van der Waals surface area contributed by atoms with E-state index >= 15 is 0 Å². The van der Waals surface area contributed by atoms with Gasteiger partial charge in [-0.25, -0.2) is 9.97 Å². The first-order valence-corrected chi connectivity index (χ1v) is 11.3. The van der Waals surface area contributed by atoms with E-state index < -0.39 is 30.3 Å². The summed E-state index contributed by atoms with van der Waals surface area (Å²) in [5, 5.41) is 24.3. The lowest BCUT2D eigenvalue weighted by molar-refractivity contribution is -0.167. The summed E-state index contributed by atoms with van der Waals surface area (Å²) < 4.78 is 39.3. The van der Waals surface area contributed by atoms with Crippen LogP contribution in [0.1, 0.15) is 24.4 Å². The highest BCUT2D eigenvalue weighted by molar-refractivity contribution is 5.95. The number of amides is 1. The minimum atomic E-state index is -5.01. The molecule has 4 N–H and O–H groups in total. The summed E-state index contributed by atoms with van der Waals surface area (Å²) >= 11 is 0. The van der Waals surface area contributed by atoms with Crippen LogP contribution in [0.4, 0.5) is 19.0 Å². The van der Waals surface area contributed by atoms with Gasteiger partial charge in [-0.05, 0) is 55.0 Å². The van der Waals surface area contributed by atoms with Crippen LogP contribution >= 0.6 is 0 Å². The van der Waals surface area contributed by atoms with E-state index in [0.29, 0.717) is 41.2 Å². The lowest BCUT2D eigenvalue weighted by Crippen LogP contribution is -2.30. The number of H-pyrrole nitrogens is 1. The van der Waals surface area contributed by atoms with Crippen LogP contribution in [0, 0.1) is 5.92 Å². The van der Waals surface area contributed by atoms with E-state index in [1.807, 2.05) is 6.07 Å². The van der Waals surface area contributed by atoms with Crippen LogP contribution in [0.3, 0.4) is 0 Å². The molecule has 36 heavy (non-hydrogen) atoms. The molecule has 3 aromatic heterocycles. The number of aliphatic hydroxyl groups is 2. The summed E-state index contributed by atoms with van der Waals surface area (Å²) in [4.78, 5) is 34.0. The number of aromatic amines is 1. The molecule has 3 heterocycles. The number of anilines is 1. The zero-order chi connectivity index (χ0) is 25.6. The zero-order valence-electron chi connectivity index (χ0n) is 18.7. The summed E-state index contributed by atoms with van der Waals surface area (Å²) in [6.45, 7) is 0. The number of carbonyl (C=O) groups is 1. The monoisotopic (exact) mass is 501 g/mol. The molecule has 1 aliphatic carbocycles. The highest BCUT2D eigenvalue weighted by atomic mass is 19.4. The fourth-order valence-corrected chi connectivity index (χ4v) is 4.84. The van der Waals surface area contributed by atoms with Crippen molar-refractivity contribution >= 4 is 33.7 Å². The Kier molecular flexibility index (Phi) is 6.00. The van der Waals surface area contributed by atoms with E-state index in [2.05, 4.69) is 15.0 Å². The molecule has 1 fully saturated rings. The van der Waals surface area contributed by atoms with Crippen LogP contribution in [0.2, 0.25) is 0 Å². The molecule has 12 heteroatoms. The predicted octanol–water partition coefficient (Wildman–Crippen LogP) is 2.69. The number of aromatic nitrogens is 4. The number of alkyl halides is 3. The average Bonchev–Trinajstić information content (AvgIpc) is 3.39. The minimum absolute atomic E-state index is 0.203. The molecule has 0 bridgehead atoms. The number of benzene rings is 1.